The number of rotatable bonds is 3. The van der Waals surface area contributed by atoms with Crippen LogP contribution in [0.15, 0.2) is 30.7 Å². The third kappa shape index (κ3) is 2.90. The van der Waals surface area contributed by atoms with Crippen LogP contribution in [0.1, 0.15) is 18.5 Å². The zero-order valence-corrected chi connectivity index (χ0v) is 15.9. The molecule has 144 valence electrons. The molecular formula is C20H22FN7. The van der Waals surface area contributed by atoms with Gasteiger partial charge in [0.15, 0.2) is 11.5 Å². The van der Waals surface area contributed by atoms with Crippen molar-refractivity contribution in [2.24, 2.45) is 0 Å². The number of aryl methyl sites for hydroxylation is 1. The molecule has 0 aromatic carbocycles. The summed E-state index contributed by atoms with van der Waals surface area (Å²) in [6, 6.07) is 3.84. The Hall–Kier alpha value is -3.00. The van der Waals surface area contributed by atoms with Gasteiger partial charge in [0.2, 0.25) is 5.95 Å². The Labute approximate surface area is 161 Å². The Kier molecular flexibility index (Phi) is 4.01. The van der Waals surface area contributed by atoms with Gasteiger partial charge in [-0.2, -0.15) is 0 Å². The van der Waals surface area contributed by atoms with Gasteiger partial charge in [0.25, 0.3) is 0 Å². The lowest BCUT2D eigenvalue weighted by molar-refractivity contribution is 0.440. The van der Waals surface area contributed by atoms with Gasteiger partial charge in [-0.25, -0.2) is 14.4 Å². The van der Waals surface area contributed by atoms with E-state index in [1.54, 1.807) is 16.8 Å². The zero-order valence-electron chi connectivity index (χ0n) is 15.9. The molecule has 0 aliphatic carbocycles. The molecule has 5 rings (SSSR count). The highest BCUT2D eigenvalue weighted by Gasteiger charge is 2.20. The van der Waals surface area contributed by atoms with E-state index in [9.17, 15) is 4.39 Å². The van der Waals surface area contributed by atoms with E-state index in [-0.39, 0.29) is 5.82 Å². The van der Waals surface area contributed by atoms with E-state index in [1.165, 1.54) is 6.07 Å². The summed E-state index contributed by atoms with van der Waals surface area (Å²) >= 11 is 0. The first-order valence-electron chi connectivity index (χ1n) is 9.53. The number of aromatic amines is 1. The predicted octanol–water partition coefficient (Wildman–Crippen LogP) is 2.91. The van der Waals surface area contributed by atoms with Crippen molar-refractivity contribution in [2.45, 2.75) is 25.8 Å². The van der Waals surface area contributed by atoms with E-state index >= 15 is 0 Å². The molecule has 1 aliphatic heterocycles. The van der Waals surface area contributed by atoms with Gasteiger partial charge in [0.1, 0.15) is 0 Å². The summed E-state index contributed by atoms with van der Waals surface area (Å²) in [5, 5.41) is 3.39. The number of hydrogen-bond donors (Lipinski definition) is 2. The quantitative estimate of drug-likeness (QED) is 0.573. The number of hydrogen-bond acceptors (Lipinski definition) is 5. The molecule has 1 fully saturated rings. The van der Waals surface area contributed by atoms with Gasteiger partial charge in [-0.1, -0.05) is 0 Å². The number of fused-ring (bicyclic) bond motifs is 2. The minimum Gasteiger partial charge on any atom is -0.342 e. The van der Waals surface area contributed by atoms with Crippen LogP contribution >= 0.6 is 0 Å². The van der Waals surface area contributed by atoms with E-state index in [0.29, 0.717) is 22.9 Å². The van der Waals surface area contributed by atoms with Gasteiger partial charge in [0.05, 0.1) is 28.6 Å². The standard InChI is InChI=1S/C20H22FN7/c1-12-10-28-11-13(7-15(21)19(28)24-12)16-8-17-18(9-23-16)26-20(25-17)27(2)14-3-5-22-6-4-14/h7-11,14,22H,3-6H2,1-2H3,(H,25,26). The van der Waals surface area contributed by atoms with Gasteiger partial charge >= 0.3 is 0 Å². The van der Waals surface area contributed by atoms with Crippen molar-refractivity contribution >= 4 is 22.6 Å². The molecular weight excluding hydrogens is 357 g/mol. The van der Waals surface area contributed by atoms with Crippen molar-refractivity contribution in [2.75, 3.05) is 25.0 Å². The Bertz CT molecular complexity index is 1160. The van der Waals surface area contributed by atoms with Crippen LogP contribution in [0.4, 0.5) is 10.3 Å². The minimum absolute atomic E-state index is 0.327. The second-order valence-electron chi connectivity index (χ2n) is 7.43. The second kappa shape index (κ2) is 6.56. The molecule has 1 saturated heterocycles. The SMILES string of the molecule is Cc1cn2cc(-c3cc4nc(N(C)C5CCNCC5)[nH]c4cn3)cc(F)c2n1. The molecule has 0 unspecified atom stereocenters. The molecule has 4 aromatic rings. The van der Waals surface area contributed by atoms with Crippen molar-refractivity contribution in [1.82, 2.24) is 29.7 Å². The van der Waals surface area contributed by atoms with Crippen molar-refractivity contribution in [3.63, 3.8) is 0 Å². The van der Waals surface area contributed by atoms with E-state index in [0.717, 1.165) is 48.6 Å². The van der Waals surface area contributed by atoms with E-state index in [2.05, 4.69) is 32.2 Å². The monoisotopic (exact) mass is 379 g/mol. The molecule has 5 heterocycles. The first-order chi connectivity index (χ1) is 13.6. The van der Waals surface area contributed by atoms with Gasteiger partial charge in [-0.3, -0.25) is 4.98 Å². The topological polar surface area (TPSA) is 74.1 Å². The maximum Gasteiger partial charge on any atom is 0.203 e. The van der Waals surface area contributed by atoms with Gasteiger partial charge in [0, 0.05) is 31.0 Å². The van der Waals surface area contributed by atoms with Crippen molar-refractivity contribution in [3.05, 3.63) is 42.2 Å². The van der Waals surface area contributed by atoms with E-state index in [1.807, 2.05) is 19.2 Å². The minimum atomic E-state index is -0.360. The first-order valence-corrected chi connectivity index (χ1v) is 9.53. The fourth-order valence-corrected chi connectivity index (χ4v) is 3.91. The number of nitrogens with zero attached hydrogens (tertiary/aromatic N) is 5. The van der Waals surface area contributed by atoms with Crippen LogP contribution in [0.2, 0.25) is 0 Å². The average molecular weight is 379 g/mol. The third-order valence-electron chi connectivity index (χ3n) is 5.47. The Balaban J connectivity index is 1.51. The number of H-pyrrole nitrogens is 1. The van der Waals surface area contributed by atoms with Crippen LogP contribution in [0.25, 0.3) is 27.9 Å². The lowest BCUT2D eigenvalue weighted by atomic mass is 10.1. The molecule has 0 atom stereocenters. The van der Waals surface area contributed by atoms with Gasteiger partial charge < -0.3 is 19.6 Å². The van der Waals surface area contributed by atoms with Crippen molar-refractivity contribution in [3.8, 4) is 11.3 Å². The van der Waals surface area contributed by atoms with Crippen LogP contribution in [0, 0.1) is 12.7 Å². The highest BCUT2D eigenvalue weighted by molar-refractivity contribution is 5.81. The average Bonchev–Trinajstić information content (AvgIpc) is 3.30. The lowest BCUT2D eigenvalue weighted by Gasteiger charge is -2.31. The Morgan fingerprint density at radius 2 is 2.00 bits per heavy atom. The number of nitrogens with one attached hydrogen (secondary N) is 2. The van der Waals surface area contributed by atoms with Crippen molar-refractivity contribution in [1.29, 1.82) is 0 Å². The Morgan fingerprint density at radius 1 is 1.18 bits per heavy atom. The number of piperidine rings is 1. The summed E-state index contributed by atoms with van der Waals surface area (Å²) in [7, 11) is 2.08. The summed E-state index contributed by atoms with van der Waals surface area (Å²) in [6.45, 7) is 3.91. The second-order valence-corrected chi connectivity index (χ2v) is 7.43. The van der Waals surface area contributed by atoms with Crippen LogP contribution in [0.3, 0.4) is 0 Å². The highest BCUT2D eigenvalue weighted by Crippen LogP contribution is 2.26. The molecule has 7 nitrogen and oxygen atoms in total. The lowest BCUT2D eigenvalue weighted by Crippen LogP contribution is -2.41. The van der Waals surface area contributed by atoms with Crippen LogP contribution < -0.4 is 10.2 Å². The molecule has 28 heavy (non-hydrogen) atoms. The maximum absolute atomic E-state index is 14.4. The number of aromatic nitrogens is 5. The molecule has 1 aliphatic rings. The summed E-state index contributed by atoms with van der Waals surface area (Å²) < 4.78 is 16.1. The normalized spacial score (nSPS) is 15.5. The number of pyridine rings is 2. The number of halogens is 1. The largest absolute Gasteiger partial charge is 0.342 e. The summed E-state index contributed by atoms with van der Waals surface area (Å²) in [5.41, 5.74) is 4.18. The zero-order chi connectivity index (χ0) is 19.3. The highest BCUT2D eigenvalue weighted by atomic mass is 19.1. The smallest absolute Gasteiger partial charge is 0.203 e. The number of anilines is 1. The number of imidazole rings is 2. The van der Waals surface area contributed by atoms with Crippen LogP contribution in [0.5, 0.6) is 0 Å². The third-order valence-corrected chi connectivity index (χ3v) is 5.47. The van der Waals surface area contributed by atoms with E-state index < -0.39 is 0 Å². The molecule has 0 bridgehead atoms. The van der Waals surface area contributed by atoms with E-state index in [4.69, 9.17) is 4.98 Å². The summed E-state index contributed by atoms with van der Waals surface area (Å²) in [5.74, 6) is 0.480. The van der Waals surface area contributed by atoms with Crippen LogP contribution in [-0.4, -0.2) is 50.5 Å². The summed E-state index contributed by atoms with van der Waals surface area (Å²) in [4.78, 5) is 19.0. The molecule has 0 spiro atoms. The fraction of sp³-hybridized carbons (Fsp3) is 0.350. The Morgan fingerprint density at radius 3 is 2.82 bits per heavy atom. The molecule has 0 amide bonds. The molecule has 2 N–H and O–H groups in total. The predicted molar refractivity (Wildman–Crippen MR) is 107 cm³/mol. The van der Waals surface area contributed by atoms with Gasteiger partial charge in [-0.05, 0) is 45.0 Å². The molecule has 8 heteroatoms. The molecule has 4 aromatic heterocycles. The van der Waals surface area contributed by atoms with Crippen molar-refractivity contribution < 1.29 is 4.39 Å². The van der Waals surface area contributed by atoms with Gasteiger partial charge in [-0.15, -0.1) is 0 Å². The maximum atomic E-state index is 14.4. The fourth-order valence-electron chi connectivity index (χ4n) is 3.91. The summed E-state index contributed by atoms with van der Waals surface area (Å²) in [6.07, 6.45) is 7.61. The molecule has 0 radical (unpaired) electrons. The first kappa shape index (κ1) is 17.1. The van der Waals surface area contributed by atoms with Crippen LogP contribution in [-0.2, 0) is 0 Å². The molecule has 0 saturated carbocycles.